The number of nitrogens with zero attached hydrogens (tertiary/aromatic N) is 4. The molecular formula is C25H28N4O10. The van der Waals surface area contributed by atoms with E-state index >= 15 is 0 Å². The number of phenols is 4. The van der Waals surface area contributed by atoms with E-state index in [0.29, 0.717) is 51.9 Å². The molecule has 0 amide bonds. The van der Waals surface area contributed by atoms with Gasteiger partial charge >= 0.3 is 11.4 Å². The van der Waals surface area contributed by atoms with Gasteiger partial charge in [-0.05, 0) is 76.1 Å². The number of piperidine rings is 1. The van der Waals surface area contributed by atoms with Gasteiger partial charge in [-0.2, -0.15) is 0 Å². The molecule has 0 aromatic heterocycles. The summed E-state index contributed by atoms with van der Waals surface area (Å²) >= 11 is 0. The number of aromatic hydroxyl groups is 4. The van der Waals surface area contributed by atoms with Crippen molar-refractivity contribution in [3.05, 3.63) is 55.6 Å². The molecule has 2 atom stereocenters. The Morgan fingerprint density at radius 1 is 0.718 bits per heavy atom. The minimum atomic E-state index is -1.62. The highest BCUT2D eigenvalue weighted by Crippen LogP contribution is 2.44. The number of nitro groups is 2. The Bertz CT molecular complexity index is 1320. The van der Waals surface area contributed by atoms with E-state index in [0.717, 1.165) is 30.7 Å². The number of nitro benzene ring substituents is 2. The van der Waals surface area contributed by atoms with Crippen LogP contribution in [0.4, 0.5) is 11.4 Å². The maximum absolute atomic E-state index is 14.4. The second kappa shape index (κ2) is 11.2. The van der Waals surface area contributed by atoms with Gasteiger partial charge < -0.3 is 20.4 Å². The molecule has 39 heavy (non-hydrogen) atoms. The minimum Gasteiger partial charge on any atom is -0.504 e. The average molecular weight is 545 g/mol. The second-order valence-electron chi connectivity index (χ2n) is 9.63. The molecule has 0 spiro atoms. The summed E-state index contributed by atoms with van der Waals surface area (Å²) < 4.78 is 0. The SMILES string of the molecule is O=C(c1ccc(O)c(O)c1[N+](=O)[O-])C(C(=O)C(c1ccc(O)c(O)c1[N+](=O)[O-])N1CCCC1)N1CCCCC1. The predicted molar refractivity (Wildman–Crippen MR) is 135 cm³/mol. The topological polar surface area (TPSA) is 208 Å². The highest BCUT2D eigenvalue weighted by atomic mass is 16.6. The Hall–Kier alpha value is -4.30. The standard InChI is InChI=1S/C25H28N4O10/c30-16-8-6-14(19(23(16)33)28(36)37)18(26-12-4-5-13-26)25(35)21(27-10-2-1-3-11-27)22(32)15-7-9-17(31)24(34)20(15)29(38)39/h6-9,18,21,30-31,33-34H,1-5,10-13H2. The van der Waals surface area contributed by atoms with Gasteiger partial charge in [-0.3, -0.25) is 39.6 Å². The van der Waals surface area contributed by atoms with Crippen molar-refractivity contribution in [3.63, 3.8) is 0 Å². The van der Waals surface area contributed by atoms with Crippen molar-refractivity contribution in [1.29, 1.82) is 0 Å². The molecule has 0 radical (unpaired) electrons. The molecule has 2 saturated heterocycles. The molecule has 2 unspecified atom stereocenters. The van der Waals surface area contributed by atoms with Crippen molar-refractivity contribution in [2.45, 2.75) is 44.2 Å². The van der Waals surface area contributed by atoms with Crippen molar-refractivity contribution >= 4 is 22.9 Å². The van der Waals surface area contributed by atoms with Crippen LogP contribution in [0.5, 0.6) is 23.0 Å². The van der Waals surface area contributed by atoms with Gasteiger partial charge in [0.1, 0.15) is 17.6 Å². The molecule has 0 aliphatic carbocycles. The van der Waals surface area contributed by atoms with Crippen LogP contribution in [0.15, 0.2) is 24.3 Å². The summed E-state index contributed by atoms with van der Waals surface area (Å²) in [5, 5.41) is 63.9. The Kier molecular flexibility index (Phi) is 7.97. The first kappa shape index (κ1) is 27.7. The molecule has 2 fully saturated rings. The van der Waals surface area contributed by atoms with Crippen LogP contribution >= 0.6 is 0 Å². The Labute approximate surface area is 222 Å². The van der Waals surface area contributed by atoms with E-state index < -0.39 is 73.4 Å². The lowest BCUT2D eigenvalue weighted by Gasteiger charge is -2.36. The lowest BCUT2D eigenvalue weighted by Crippen LogP contribution is -2.52. The number of likely N-dealkylation sites (tertiary alicyclic amines) is 2. The van der Waals surface area contributed by atoms with Crippen molar-refractivity contribution in [3.8, 4) is 23.0 Å². The van der Waals surface area contributed by atoms with Crippen LogP contribution in [0.3, 0.4) is 0 Å². The summed E-state index contributed by atoms with van der Waals surface area (Å²) in [6.45, 7) is 1.32. The number of Topliss-reactive ketones (excluding diaryl/α,β-unsaturated/α-hetero) is 2. The van der Waals surface area contributed by atoms with Gasteiger partial charge in [-0.25, -0.2) is 0 Å². The van der Waals surface area contributed by atoms with Gasteiger partial charge in [0.05, 0.1) is 15.4 Å². The number of hydrogen-bond acceptors (Lipinski definition) is 12. The molecule has 2 heterocycles. The van der Waals surface area contributed by atoms with Crippen molar-refractivity contribution < 1.29 is 39.9 Å². The third-order valence-electron chi connectivity index (χ3n) is 7.27. The predicted octanol–water partition coefficient (Wildman–Crippen LogP) is 2.77. The first-order valence-corrected chi connectivity index (χ1v) is 12.5. The van der Waals surface area contributed by atoms with E-state index in [1.807, 2.05) is 0 Å². The van der Waals surface area contributed by atoms with E-state index in [1.165, 1.54) is 0 Å². The fourth-order valence-electron chi connectivity index (χ4n) is 5.43. The zero-order valence-corrected chi connectivity index (χ0v) is 20.9. The third kappa shape index (κ3) is 5.20. The maximum atomic E-state index is 14.4. The largest absolute Gasteiger partial charge is 0.504 e. The number of carbonyl (C=O) groups is 2. The zero-order chi connectivity index (χ0) is 28.4. The summed E-state index contributed by atoms with van der Waals surface area (Å²) in [5.41, 5.74) is -2.75. The Morgan fingerprint density at radius 3 is 1.77 bits per heavy atom. The van der Waals surface area contributed by atoms with E-state index in [9.17, 15) is 50.2 Å². The summed E-state index contributed by atoms with van der Waals surface area (Å²) in [4.78, 5) is 53.4. The highest BCUT2D eigenvalue weighted by Gasteiger charge is 2.46. The number of carbonyl (C=O) groups excluding carboxylic acids is 2. The van der Waals surface area contributed by atoms with Gasteiger partial charge in [-0.15, -0.1) is 0 Å². The number of rotatable bonds is 9. The fourth-order valence-corrected chi connectivity index (χ4v) is 5.43. The van der Waals surface area contributed by atoms with E-state index in [2.05, 4.69) is 0 Å². The van der Waals surface area contributed by atoms with Crippen LogP contribution < -0.4 is 0 Å². The minimum absolute atomic E-state index is 0.222. The summed E-state index contributed by atoms with van der Waals surface area (Å²) in [7, 11) is 0. The van der Waals surface area contributed by atoms with Crippen LogP contribution in [0.2, 0.25) is 0 Å². The van der Waals surface area contributed by atoms with Crippen molar-refractivity contribution in [2.24, 2.45) is 0 Å². The van der Waals surface area contributed by atoms with Gasteiger partial charge in [-0.1, -0.05) is 6.42 Å². The van der Waals surface area contributed by atoms with Crippen LogP contribution in [-0.4, -0.2) is 83.9 Å². The molecule has 0 bridgehead atoms. The van der Waals surface area contributed by atoms with Gasteiger partial charge in [0, 0.05) is 0 Å². The van der Waals surface area contributed by atoms with E-state index in [1.54, 1.807) is 9.80 Å². The number of benzene rings is 2. The summed E-state index contributed by atoms with van der Waals surface area (Å²) in [5.74, 6) is -5.50. The summed E-state index contributed by atoms with van der Waals surface area (Å²) in [6, 6.07) is 1.04. The first-order valence-electron chi connectivity index (χ1n) is 12.5. The second-order valence-corrected chi connectivity index (χ2v) is 9.63. The molecule has 2 aromatic rings. The summed E-state index contributed by atoms with van der Waals surface area (Å²) in [6.07, 6.45) is 3.43. The van der Waals surface area contributed by atoms with Gasteiger partial charge in [0.2, 0.25) is 11.5 Å². The van der Waals surface area contributed by atoms with Crippen LogP contribution in [-0.2, 0) is 4.79 Å². The maximum Gasteiger partial charge on any atom is 0.325 e. The number of hydrogen-bond donors (Lipinski definition) is 4. The lowest BCUT2D eigenvalue weighted by molar-refractivity contribution is -0.387. The first-order chi connectivity index (χ1) is 18.5. The molecule has 208 valence electrons. The molecule has 14 heteroatoms. The molecule has 0 saturated carbocycles. The molecule has 2 aliphatic rings. The smallest absolute Gasteiger partial charge is 0.325 e. The molecule has 14 nitrogen and oxygen atoms in total. The van der Waals surface area contributed by atoms with Gasteiger partial charge in [0.25, 0.3) is 0 Å². The molecule has 2 aliphatic heterocycles. The molecular weight excluding hydrogens is 516 g/mol. The zero-order valence-electron chi connectivity index (χ0n) is 20.9. The monoisotopic (exact) mass is 544 g/mol. The number of ketones is 2. The number of phenolic OH excluding ortho intramolecular Hbond substituents is 4. The van der Waals surface area contributed by atoms with Crippen molar-refractivity contribution in [1.82, 2.24) is 9.80 Å². The van der Waals surface area contributed by atoms with E-state index in [4.69, 9.17) is 0 Å². The van der Waals surface area contributed by atoms with Crippen molar-refractivity contribution in [2.75, 3.05) is 26.2 Å². The van der Waals surface area contributed by atoms with Crippen LogP contribution in [0.1, 0.15) is 54.1 Å². The molecule has 4 N–H and O–H groups in total. The highest BCUT2D eigenvalue weighted by molar-refractivity contribution is 6.17. The lowest BCUT2D eigenvalue weighted by atomic mass is 9.88. The molecule has 2 aromatic carbocycles. The Morgan fingerprint density at radius 2 is 1.21 bits per heavy atom. The molecule has 4 rings (SSSR count). The quantitative estimate of drug-likeness (QED) is 0.118. The Balaban J connectivity index is 1.90. The van der Waals surface area contributed by atoms with Gasteiger partial charge in [0.15, 0.2) is 23.1 Å². The van der Waals surface area contributed by atoms with E-state index in [-0.39, 0.29) is 5.56 Å². The van der Waals surface area contributed by atoms with Crippen LogP contribution in [0, 0.1) is 20.2 Å². The third-order valence-corrected chi connectivity index (χ3v) is 7.27. The fraction of sp³-hybridized carbons (Fsp3) is 0.440. The average Bonchev–Trinajstić information content (AvgIpc) is 3.42. The normalized spacial score (nSPS) is 17.9. The van der Waals surface area contributed by atoms with Crippen LogP contribution in [0.25, 0.3) is 0 Å².